The first-order valence-electron chi connectivity index (χ1n) is 7.45. The lowest BCUT2D eigenvalue weighted by Gasteiger charge is -2.35. The molecule has 0 spiro atoms. The molecule has 20 heavy (non-hydrogen) atoms. The SMILES string of the molecule is CN1CCC(CN(C)C(CN)c2ccccc2Br)CC1. The molecule has 1 aliphatic rings. The maximum Gasteiger partial charge on any atom is 0.0478 e. The first-order chi connectivity index (χ1) is 9.61. The molecule has 1 aliphatic heterocycles. The van der Waals surface area contributed by atoms with E-state index in [1.807, 2.05) is 0 Å². The highest BCUT2D eigenvalue weighted by Gasteiger charge is 2.23. The average molecular weight is 340 g/mol. The summed E-state index contributed by atoms with van der Waals surface area (Å²) in [4.78, 5) is 4.85. The van der Waals surface area contributed by atoms with Crippen LogP contribution in [0.4, 0.5) is 0 Å². The van der Waals surface area contributed by atoms with Gasteiger partial charge in [-0.05, 0) is 57.6 Å². The van der Waals surface area contributed by atoms with Gasteiger partial charge in [0.25, 0.3) is 0 Å². The molecule has 0 aromatic heterocycles. The van der Waals surface area contributed by atoms with Crippen molar-refractivity contribution in [2.45, 2.75) is 18.9 Å². The second-order valence-electron chi connectivity index (χ2n) is 5.96. The summed E-state index contributed by atoms with van der Waals surface area (Å²) in [5.74, 6) is 0.799. The average Bonchev–Trinajstić information content (AvgIpc) is 2.44. The smallest absolute Gasteiger partial charge is 0.0478 e. The van der Waals surface area contributed by atoms with Crippen molar-refractivity contribution < 1.29 is 0 Å². The van der Waals surface area contributed by atoms with E-state index in [0.717, 1.165) is 16.9 Å². The molecule has 0 saturated carbocycles. The first kappa shape index (κ1) is 16.0. The van der Waals surface area contributed by atoms with Crippen LogP contribution in [0.15, 0.2) is 28.7 Å². The second-order valence-corrected chi connectivity index (χ2v) is 6.81. The van der Waals surface area contributed by atoms with Gasteiger partial charge >= 0.3 is 0 Å². The Morgan fingerprint density at radius 3 is 2.60 bits per heavy atom. The van der Waals surface area contributed by atoms with Crippen LogP contribution in [0.2, 0.25) is 0 Å². The highest BCUT2D eigenvalue weighted by molar-refractivity contribution is 9.10. The number of rotatable bonds is 5. The molecule has 2 N–H and O–H groups in total. The summed E-state index contributed by atoms with van der Waals surface area (Å²) >= 11 is 3.65. The maximum absolute atomic E-state index is 6.03. The molecule has 1 aromatic rings. The van der Waals surface area contributed by atoms with Crippen LogP contribution < -0.4 is 5.73 Å². The van der Waals surface area contributed by atoms with Crippen molar-refractivity contribution in [3.63, 3.8) is 0 Å². The minimum absolute atomic E-state index is 0.297. The Labute approximate surface area is 131 Å². The van der Waals surface area contributed by atoms with Crippen LogP contribution in [0, 0.1) is 5.92 Å². The molecule has 2 rings (SSSR count). The molecule has 0 amide bonds. The fraction of sp³-hybridized carbons (Fsp3) is 0.625. The molecule has 1 heterocycles. The van der Waals surface area contributed by atoms with Crippen LogP contribution >= 0.6 is 15.9 Å². The van der Waals surface area contributed by atoms with Gasteiger partial charge in [-0.2, -0.15) is 0 Å². The predicted molar refractivity (Wildman–Crippen MR) is 88.8 cm³/mol. The number of nitrogens with zero attached hydrogens (tertiary/aromatic N) is 2. The Balaban J connectivity index is 1.99. The van der Waals surface area contributed by atoms with Crippen molar-refractivity contribution in [3.8, 4) is 0 Å². The van der Waals surface area contributed by atoms with E-state index in [1.165, 1.54) is 31.5 Å². The van der Waals surface area contributed by atoms with Crippen LogP contribution in [-0.4, -0.2) is 50.1 Å². The standard InChI is InChI=1S/C16H26BrN3/c1-19-9-7-13(8-10-19)12-20(2)16(11-18)14-5-3-4-6-15(14)17/h3-6,13,16H,7-12,18H2,1-2H3. The number of hydrogen-bond donors (Lipinski definition) is 1. The molecule has 1 fully saturated rings. The minimum atomic E-state index is 0.297. The molecule has 4 heteroatoms. The quantitative estimate of drug-likeness (QED) is 0.895. The van der Waals surface area contributed by atoms with E-state index in [9.17, 15) is 0 Å². The molecule has 112 valence electrons. The molecule has 1 saturated heterocycles. The summed E-state index contributed by atoms with van der Waals surface area (Å²) in [6, 6.07) is 8.71. The van der Waals surface area contributed by atoms with E-state index in [2.05, 4.69) is 64.1 Å². The van der Waals surface area contributed by atoms with Gasteiger partial charge in [0, 0.05) is 23.6 Å². The van der Waals surface area contributed by atoms with E-state index < -0.39 is 0 Å². The van der Waals surface area contributed by atoms with E-state index in [-0.39, 0.29) is 0 Å². The Bertz CT molecular complexity index is 416. The normalized spacial score (nSPS) is 19.4. The Kier molecular flexibility index (Phi) is 6.02. The van der Waals surface area contributed by atoms with Gasteiger partial charge in [-0.25, -0.2) is 0 Å². The lowest BCUT2D eigenvalue weighted by molar-refractivity contribution is 0.151. The van der Waals surface area contributed by atoms with Crippen molar-refractivity contribution in [1.29, 1.82) is 0 Å². The highest BCUT2D eigenvalue weighted by Crippen LogP contribution is 2.28. The monoisotopic (exact) mass is 339 g/mol. The molecular formula is C16H26BrN3. The third-order valence-corrected chi connectivity index (χ3v) is 5.13. The molecule has 0 bridgehead atoms. The number of halogens is 1. The van der Waals surface area contributed by atoms with Gasteiger partial charge in [0.05, 0.1) is 0 Å². The minimum Gasteiger partial charge on any atom is -0.329 e. The Morgan fingerprint density at radius 1 is 1.35 bits per heavy atom. The van der Waals surface area contributed by atoms with E-state index in [0.29, 0.717) is 12.6 Å². The van der Waals surface area contributed by atoms with Gasteiger partial charge in [0.2, 0.25) is 0 Å². The first-order valence-corrected chi connectivity index (χ1v) is 8.24. The van der Waals surface area contributed by atoms with Gasteiger partial charge in [0.1, 0.15) is 0 Å². The number of likely N-dealkylation sites (N-methyl/N-ethyl adjacent to an activating group) is 1. The molecule has 1 unspecified atom stereocenters. The topological polar surface area (TPSA) is 32.5 Å². The second kappa shape index (κ2) is 7.55. The zero-order valence-electron chi connectivity index (χ0n) is 12.6. The van der Waals surface area contributed by atoms with E-state index in [1.54, 1.807) is 0 Å². The fourth-order valence-electron chi connectivity index (χ4n) is 3.07. The van der Waals surface area contributed by atoms with Crippen molar-refractivity contribution in [3.05, 3.63) is 34.3 Å². The Morgan fingerprint density at radius 2 is 2.00 bits per heavy atom. The predicted octanol–water partition coefficient (Wildman–Crippen LogP) is 2.72. The largest absolute Gasteiger partial charge is 0.329 e. The van der Waals surface area contributed by atoms with Gasteiger partial charge in [-0.3, -0.25) is 4.90 Å². The van der Waals surface area contributed by atoms with Crippen LogP contribution in [0.25, 0.3) is 0 Å². The van der Waals surface area contributed by atoms with Crippen LogP contribution in [0.3, 0.4) is 0 Å². The number of benzene rings is 1. The van der Waals surface area contributed by atoms with Crippen molar-refractivity contribution >= 4 is 15.9 Å². The summed E-state index contributed by atoms with van der Waals surface area (Å²) in [5.41, 5.74) is 7.33. The van der Waals surface area contributed by atoms with Gasteiger partial charge < -0.3 is 10.6 Å². The number of likely N-dealkylation sites (tertiary alicyclic amines) is 1. The van der Waals surface area contributed by atoms with E-state index >= 15 is 0 Å². The number of hydrogen-bond acceptors (Lipinski definition) is 3. The lowest BCUT2D eigenvalue weighted by atomic mass is 9.95. The summed E-state index contributed by atoms with van der Waals surface area (Å²) in [6.07, 6.45) is 2.60. The van der Waals surface area contributed by atoms with E-state index in [4.69, 9.17) is 5.73 Å². The van der Waals surface area contributed by atoms with Gasteiger partial charge in [-0.1, -0.05) is 34.1 Å². The molecule has 0 radical (unpaired) electrons. The number of nitrogens with two attached hydrogens (primary N) is 1. The molecule has 0 aliphatic carbocycles. The van der Waals surface area contributed by atoms with Crippen LogP contribution in [-0.2, 0) is 0 Å². The zero-order valence-corrected chi connectivity index (χ0v) is 14.1. The van der Waals surface area contributed by atoms with Crippen molar-refractivity contribution in [2.24, 2.45) is 11.7 Å². The number of piperidine rings is 1. The van der Waals surface area contributed by atoms with Crippen LogP contribution in [0.1, 0.15) is 24.4 Å². The van der Waals surface area contributed by atoms with Gasteiger partial charge in [-0.15, -0.1) is 0 Å². The Hall–Kier alpha value is -0.420. The third-order valence-electron chi connectivity index (χ3n) is 4.40. The molecule has 1 aromatic carbocycles. The highest BCUT2D eigenvalue weighted by atomic mass is 79.9. The molecule has 1 atom stereocenters. The fourth-order valence-corrected chi connectivity index (χ4v) is 3.62. The summed E-state index contributed by atoms with van der Waals surface area (Å²) in [6.45, 7) is 4.24. The maximum atomic E-state index is 6.03. The van der Waals surface area contributed by atoms with Crippen LogP contribution in [0.5, 0.6) is 0 Å². The molecule has 3 nitrogen and oxygen atoms in total. The summed E-state index contributed by atoms with van der Waals surface area (Å²) < 4.78 is 1.16. The molecular weight excluding hydrogens is 314 g/mol. The van der Waals surface area contributed by atoms with Crippen molar-refractivity contribution in [2.75, 3.05) is 40.3 Å². The zero-order chi connectivity index (χ0) is 14.5. The van der Waals surface area contributed by atoms with Gasteiger partial charge in [0.15, 0.2) is 0 Å². The lowest BCUT2D eigenvalue weighted by Crippen LogP contribution is -2.38. The summed E-state index contributed by atoms with van der Waals surface area (Å²) in [7, 11) is 4.42. The summed E-state index contributed by atoms with van der Waals surface area (Å²) in [5, 5.41) is 0. The van der Waals surface area contributed by atoms with Crippen molar-refractivity contribution in [1.82, 2.24) is 9.80 Å². The third kappa shape index (κ3) is 4.04.